The topological polar surface area (TPSA) is 21.5 Å². The molecule has 1 aliphatic carbocycles. The summed E-state index contributed by atoms with van der Waals surface area (Å²) in [4.78, 5) is 11.4. The standard InChI is InChI=1S/C20H15NO/c1-14-5-7-15(8-6-14)18-12-21-11-3-2-4-19(21)20-16(13-22)9-10-17(18)20/h2-13H,1H3. The minimum absolute atomic E-state index is 0.743. The van der Waals surface area contributed by atoms with Crippen molar-refractivity contribution in [2.45, 2.75) is 6.92 Å². The first kappa shape index (κ1) is 12.8. The summed E-state index contributed by atoms with van der Waals surface area (Å²) in [5.74, 6) is 0. The molecule has 0 N–H and O–H groups in total. The number of pyridine rings is 2. The van der Waals surface area contributed by atoms with Gasteiger partial charge in [-0.05, 0) is 30.2 Å². The van der Waals surface area contributed by atoms with Crippen LogP contribution in [0.2, 0.25) is 0 Å². The monoisotopic (exact) mass is 285 g/mol. The zero-order valence-electron chi connectivity index (χ0n) is 12.3. The Morgan fingerprint density at radius 3 is 2.50 bits per heavy atom. The molecule has 0 bridgehead atoms. The Morgan fingerprint density at radius 2 is 1.73 bits per heavy atom. The summed E-state index contributed by atoms with van der Waals surface area (Å²) in [7, 11) is 0. The van der Waals surface area contributed by atoms with E-state index in [1.807, 2.05) is 36.5 Å². The average molecular weight is 285 g/mol. The third-order valence-electron chi connectivity index (χ3n) is 4.18. The van der Waals surface area contributed by atoms with Gasteiger partial charge in [-0.25, -0.2) is 0 Å². The van der Waals surface area contributed by atoms with Gasteiger partial charge in [0.15, 0.2) is 6.29 Å². The van der Waals surface area contributed by atoms with Gasteiger partial charge in [-0.1, -0.05) is 48.0 Å². The summed E-state index contributed by atoms with van der Waals surface area (Å²) in [5.41, 5.74) is 7.49. The van der Waals surface area contributed by atoms with Gasteiger partial charge in [0.05, 0.1) is 5.52 Å². The van der Waals surface area contributed by atoms with Gasteiger partial charge in [0.1, 0.15) is 0 Å². The average Bonchev–Trinajstić information content (AvgIpc) is 2.99. The van der Waals surface area contributed by atoms with Crippen molar-refractivity contribution >= 4 is 11.8 Å². The number of carbonyl (C=O) groups excluding carboxylic acids is 1. The van der Waals surface area contributed by atoms with E-state index in [1.54, 1.807) is 0 Å². The molecule has 1 aliphatic heterocycles. The van der Waals surface area contributed by atoms with E-state index in [0.717, 1.165) is 39.6 Å². The lowest BCUT2D eigenvalue weighted by Gasteiger charge is -2.14. The summed E-state index contributed by atoms with van der Waals surface area (Å²) < 4.78 is 2.09. The van der Waals surface area contributed by atoms with E-state index in [4.69, 9.17) is 0 Å². The molecule has 106 valence electrons. The summed E-state index contributed by atoms with van der Waals surface area (Å²) >= 11 is 0. The molecule has 0 spiro atoms. The van der Waals surface area contributed by atoms with E-state index in [1.165, 1.54) is 5.56 Å². The zero-order valence-corrected chi connectivity index (χ0v) is 12.3. The first-order chi connectivity index (χ1) is 10.8. The normalized spacial score (nSPS) is 11.1. The second kappa shape index (κ2) is 4.85. The number of hydrogen-bond donors (Lipinski definition) is 0. The first-order valence-electron chi connectivity index (χ1n) is 7.32. The Labute approximate surface area is 129 Å². The lowest BCUT2D eigenvalue weighted by Crippen LogP contribution is -1.96. The predicted molar refractivity (Wildman–Crippen MR) is 89.6 cm³/mol. The first-order valence-corrected chi connectivity index (χ1v) is 7.32. The number of aryl methyl sites for hydroxylation is 1. The van der Waals surface area contributed by atoms with Gasteiger partial charge in [-0.3, -0.25) is 4.79 Å². The molecule has 1 aromatic heterocycles. The predicted octanol–water partition coefficient (Wildman–Crippen LogP) is 4.83. The molecular weight excluding hydrogens is 270 g/mol. The summed E-state index contributed by atoms with van der Waals surface area (Å²) in [5, 5.41) is 0. The largest absolute Gasteiger partial charge is 0.323 e. The van der Waals surface area contributed by atoms with Crippen molar-refractivity contribution < 1.29 is 4.79 Å². The van der Waals surface area contributed by atoms with Crippen molar-refractivity contribution in [3.05, 3.63) is 78.1 Å². The molecule has 2 aromatic rings. The van der Waals surface area contributed by atoms with Crippen molar-refractivity contribution in [1.29, 1.82) is 0 Å². The molecule has 22 heavy (non-hydrogen) atoms. The molecule has 0 fully saturated rings. The van der Waals surface area contributed by atoms with Crippen LogP contribution >= 0.6 is 0 Å². The maximum absolute atomic E-state index is 11.4. The van der Waals surface area contributed by atoms with Crippen LogP contribution in [0.3, 0.4) is 0 Å². The molecule has 1 aromatic carbocycles. The van der Waals surface area contributed by atoms with E-state index >= 15 is 0 Å². The molecule has 2 heteroatoms. The van der Waals surface area contributed by atoms with Crippen LogP contribution in [0, 0.1) is 6.92 Å². The lowest BCUT2D eigenvalue weighted by molar-refractivity contribution is 0.112. The SMILES string of the molecule is Cc1ccc(-c2cn3ccccc3c3c(C=O)ccc2-3)cc1. The van der Waals surface area contributed by atoms with Crippen molar-refractivity contribution in [3.63, 3.8) is 0 Å². The summed E-state index contributed by atoms with van der Waals surface area (Å²) in [6, 6.07) is 18.5. The van der Waals surface area contributed by atoms with Crippen LogP contribution in [0.1, 0.15) is 15.9 Å². The molecule has 0 radical (unpaired) electrons. The highest BCUT2D eigenvalue weighted by molar-refractivity contribution is 6.02. The Balaban J connectivity index is 2.10. The fraction of sp³-hybridized carbons (Fsp3) is 0.0500. The summed E-state index contributed by atoms with van der Waals surface area (Å²) in [6.45, 7) is 2.08. The van der Waals surface area contributed by atoms with E-state index in [9.17, 15) is 4.79 Å². The number of nitrogens with zero attached hydrogens (tertiary/aromatic N) is 1. The number of aldehydes is 1. The lowest BCUT2D eigenvalue weighted by atomic mass is 9.95. The molecule has 2 nitrogen and oxygen atoms in total. The zero-order chi connectivity index (χ0) is 15.1. The van der Waals surface area contributed by atoms with Gasteiger partial charge in [0, 0.05) is 29.1 Å². The number of rotatable bonds is 2. The number of hydrogen-bond acceptors (Lipinski definition) is 1. The second-order valence-electron chi connectivity index (χ2n) is 5.60. The highest BCUT2D eigenvalue weighted by Crippen LogP contribution is 2.39. The third-order valence-corrected chi connectivity index (χ3v) is 4.18. The summed E-state index contributed by atoms with van der Waals surface area (Å²) in [6.07, 6.45) is 5.10. The maximum Gasteiger partial charge on any atom is 0.150 e. The Hall–Kier alpha value is -2.87. The van der Waals surface area contributed by atoms with Crippen LogP contribution in [0.5, 0.6) is 0 Å². The van der Waals surface area contributed by atoms with Gasteiger partial charge < -0.3 is 4.40 Å². The molecule has 0 atom stereocenters. The molecular formula is C20H15NO. The molecule has 0 saturated carbocycles. The maximum atomic E-state index is 11.4. The highest BCUT2D eigenvalue weighted by atomic mass is 16.1. The van der Waals surface area contributed by atoms with E-state index in [2.05, 4.69) is 41.8 Å². The molecule has 4 rings (SSSR count). The second-order valence-corrected chi connectivity index (χ2v) is 5.60. The van der Waals surface area contributed by atoms with Crippen molar-refractivity contribution in [1.82, 2.24) is 4.40 Å². The van der Waals surface area contributed by atoms with Gasteiger partial charge in [0.25, 0.3) is 0 Å². The van der Waals surface area contributed by atoms with Crippen molar-refractivity contribution in [2.24, 2.45) is 0 Å². The number of fused-ring (bicyclic) bond motifs is 3. The van der Waals surface area contributed by atoms with Crippen LogP contribution in [-0.2, 0) is 0 Å². The van der Waals surface area contributed by atoms with Gasteiger partial charge in [0.2, 0.25) is 0 Å². The number of aromatic nitrogens is 1. The van der Waals surface area contributed by atoms with Crippen molar-refractivity contribution in [2.75, 3.05) is 0 Å². The fourth-order valence-electron chi connectivity index (χ4n) is 3.06. The van der Waals surface area contributed by atoms with Gasteiger partial charge >= 0.3 is 0 Å². The Kier molecular flexibility index (Phi) is 2.83. The minimum Gasteiger partial charge on any atom is -0.323 e. The van der Waals surface area contributed by atoms with Crippen LogP contribution in [0.25, 0.3) is 27.8 Å². The third kappa shape index (κ3) is 1.85. The minimum atomic E-state index is 0.743. The quantitative estimate of drug-likeness (QED) is 0.483. The molecule has 2 aliphatic rings. The molecule has 0 saturated heterocycles. The van der Waals surface area contributed by atoms with E-state index in [-0.39, 0.29) is 0 Å². The smallest absolute Gasteiger partial charge is 0.150 e. The van der Waals surface area contributed by atoms with E-state index < -0.39 is 0 Å². The Bertz CT molecular complexity index is 947. The molecule has 0 amide bonds. The Morgan fingerprint density at radius 1 is 0.909 bits per heavy atom. The fourth-order valence-corrected chi connectivity index (χ4v) is 3.06. The van der Waals surface area contributed by atoms with Gasteiger partial charge in [-0.15, -0.1) is 0 Å². The van der Waals surface area contributed by atoms with Crippen LogP contribution in [0.4, 0.5) is 0 Å². The molecule has 2 heterocycles. The van der Waals surface area contributed by atoms with E-state index in [0.29, 0.717) is 0 Å². The van der Waals surface area contributed by atoms with Crippen molar-refractivity contribution in [3.8, 4) is 22.3 Å². The highest BCUT2D eigenvalue weighted by Gasteiger charge is 2.18. The number of carbonyl (C=O) groups is 1. The van der Waals surface area contributed by atoms with Crippen LogP contribution in [-0.4, -0.2) is 10.7 Å². The van der Waals surface area contributed by atoms with Crippen LogP contribution < -0.4 is 0 Å². The van der Waals surface area contributed by atoms with Gasteiger partial charge in [-0.2, -0.15) is 0 Å². The van der Waals surface area contributed by atoms with Crippen LogP contribution in [0.15, 0.2) is 67.0 Å². The molecule has 0 unspecified atom stereocenters. The number of benzene rings is 1.